The number of nitrogens with zero attached hydrogens (tertiary/aromatic N) is 3. The molecule has 4 rings (SSSR count). The molecule has 0 unspecified atom stereocenters. The number of hydrogen-bond donors (Lipinski definition) is 1. The van der Waals surface area contributed by atoms with E-state index in [0.29, 0.717) is 43.1 Å². The first-order valence-electron chi connectivity index (χ1n) is 11.7. The van der Waals surface area contributed by atoms with Gasteiger partial charge in [0.25, 0.3) is 5.91 Å². The van der Waals surface area contributed by atoms with Gasteiger partial charge >= 0.3 is 0 Å². The SMILES string of the molecule is COc1ccc(NC(=O)C2CCN(S(=O)(=O)c3cc(C(=O)N4CCCCC4)n(C)c3)CC2)cc1. The zero-order valence-corrected chi connectivity index (χ0v) is 20.5. The summed E-state index contributed by atoms with van der Waals surface area (Å²) >= 11 is 0. The summed E-state index contributed by atoms with van der Waals surface area (Å²) < 4.78 is 34.6. The van der Waals surface area contributed by atoms with Crippen LogP contribution in [0.3, 0.4) is 0 Å². The molecule has 2 aliphatic heterocycles. The van der Waals surface area contributed by atoms with Crippen molar-refractivity contribution in [3.8, 4) is 5.75 Å². The molecule has 184 valence electrons. The minimum atomic E-state index is -3.75. The van der Waals surface area contributed by atoms with E-state index in [1.54, 1.807) is 47.9 Å². The highest BCUT2D eigenvalue weighted by Crippen LogP contribution is 2.27. The fourth-order valence-electron chi connectivity index (χ4n) is 4.57. The predicted molar refractivity (Wildman–Crippen MR) is 128 cm³/mol. The average Bonchev–Trinajstić information content (AvgIpc) is 3.27. The Morgan fingerprint density at radius 3 is 2.26 bits per heavy atom. The third-order valence-electron chi connectivity index (χ3n) is 6.66. The van der Waals surface area contributed by atoms with Crippen molar-refractivity contribution in [1.82, 2.24) is 13.8 Å². The Balaban J connectivity index is 1.37. The second-order valence-electron chi connectivity index (χ2n) is 8.92. The van der Waals surface area contributed by atoms with E-state index >= 15 is 0 Å². The van der Waals surface area contributed by atoms with Crippen LogP contribution in [0, 0.1) is 5.92 Å². The molecule has 0 bridgehead atoms. The van der Waals surface area contributed by atoms with Gasteiger partial charge in [0, 0.05) is 51.0 Å². The Kier molecular flexibility index (Phi) is 7.27. The van der Waals surface area contributed by atoms with Gasteiger partial charge in [0.2, 0.25) is 15.9 Å². The van der Waals surface area contributed by atoms with Gasteiger partial charge in [-0.1, -0.05) is 0 Å². The van der Waals surface area contributed by atoms with Gasteiger partial charge in [-0.2, -0.15) is 4.31 Å². The highest BCUT2D eigenvalue weighted by molar-refractivity contribution is 7.89. The number of anilines is 1. The Bertz CT molecular complexity index is 1130. The maximum absolute atomic E-state index is 13.3. The van der Waals surface area contributed by atoms with Crippen molar-refractivity contribution in [2.24, 2.45) is 13.0 Å². The van der Waals surface area contributed by atoms with Crippen LogP contribution in [-0.4, -0.2) is 67.3 Å². The van der Waals surface area contributed by atoms with E-state index in [0.717, 1.165) is 19.3 Å². The molecule has 2 saturated heterocycles. The Labute approximate surface area is 200 Å². The molecule has 34 heavy (non-hydrogen) atoms. The van der Waals surface area contributed by atoms with Crippen molar-refractivity contribution in [3.05, 3.63) is 42.2 Å². The van der Waals surface area contributed by atoms with Gasteiger partial charge in [-0.05, 0) is 62.4 Å². The Morgan fingerprint density at radius 2 is 1.65 bits per heavy atom. The van der Waals surface area contributed by atoms with Gasteiger partial charge in [-0.3, -0.25) is 9.59 Å². The van der Waals surface area contributed by atoms with Crippen LogP contribution in [0.25, 0.3) is 0 Å². The lowest BCUT2D eigenvalue weighted by Crippen LogP contribution is -2.41. The van der Waals surface area contributed by atoms with Gasteiger partial charge < -0.3 is 19.5 Å². The molecule has 1 aromatic carbocycles. The number of carbonyl (C=O) groups excluding carboxylic acids is 2. The largest absolute Gasteiger partial charge is 0.497 e. The lowest BCUT2D eigenvalue weighted by atomic mass is 9.97. The van der Waals surface area contributed by atoms with E-state index < -0.39 is 10.0 Å². The van der Waals surface area contributed by atoms with Crippen LogP contribution >= 0.6 is 0 Å². The molecule has 10 heteroatoms. The van der Waals surface area contributed by atoms with Crippen LogP contribution in [0.5, 0.6) is 5.75 Å². The van der Waals surface area contributed by atoms with Crippen LogP contribution < -0.4 is 10.1 Å². The maximum Gasteiger partial charge on any atom is 0.270 e. The van der Waals surface area contributed by atoms with Crippen LogP contribution in [-0.2, 0) is 21.9 Å². The van der Waals surface area contributed by atoms with E-state index in [9.17, 15) is 18.0 Å². The summed E-state index contributed by atoms with van der Waals surface area (Å²) in [4.78, 5) is 27.5. The van der Waals surface area contributed by atoms with Crippen molar-refractivity contribution >= 4 is 27.5 Å². The average molecular weight is 489 g/mol. The van der Waals surface area contributed by atoms with Crippen LogP contribution in [0.2, 0.25) is 0 Å². The first-order valence-corrected chi connectivity index (χ1v) is 13.1. The lowest BCUT2D eigenvalue weighted by Gasteiger charge is -2.30. The topological polar surface area (TPSA) is 101 Å². The molecule has 2 aliphatic rings. The molecule has 9 nitrogen and oxygen atoms in total. The second kappa shape index (κ2) is 10.2. The number of sulfonamides is 1. The Hall–Kier alpha value is -2.85. The van der Waals surface area contributed by atoms with Gasteiger partial charge in [0.1, 0.15) is 16.3 Å². The van der Waals surface area contributed by atoms with Gasteiger partial charge in [0.05, 0.1) is 7.11 Å². The minimum absolute atomic E-state index is 0.114. The molecule has 0 radical (unpaired) electrons. The van der Waals surface area contributed by atoms with Crippen molar-refractivity contribution in [2.45, 2.75) is 37.0 Å². The van der Waals surface area contributed by atoms with E-state index in [2.05, 4.69) is 5.32 Å². The lowest BCUT2D eigenvalue weighted by molar-refractivity contribution is -0.120. The number of piperidine rings is 2. The summed E-state index contributed by atoms with van der Waals surface area (Å²) in [6, 6.07) is 8.57. The molecule has 0 atom stereocenters. The van der Waals surface area contributed by atoms with E-state index in [-0.39, 0.29) is 35.7 Å². The van der Waals surface area contributed by atoms with Crippen LogP contribution in [0.15, 0.2) is 41.4 Å². The minimum Gasteiger partial charge on any atom is -0.497 e. The van der Waals surface area contributed by atoms with Crippen molar-refractivity contribution in [2.75, 3.05) is 38.6 Å². The highest BCUT2D eigenvalue weighted by atomic mass is 32.2. The number of likely N-dealkylation sites (tertiary alicyclic amines) is 1. The number of hydrogen-bond acceptors (Lipinski definition) is 5. The first kappa shape index (κ1) is 24.3. The first-order chi connectivity index (χ1) is 16.3. The fraction of sp³-hybridized carbons (Fsp3) is 0.500. The molecular formula is C24H32N4O5S. The number of carbonyl (C=O) groups is 2. The molecule has 2 amide bonds. The standard InChI is InChI=1S/C24H32N4O5S/c1-26-17-21(16-22(26)24(30)27-12-4-3-5-13-27)34(31,32)28-14-10-18(11-15-28)23(29)25-19-6-8-20(33-2)9-7-19/h6-9,16-18H,3-5,10-15H2,1-2H3,(H,25,29). The number of aryl methyl sites for hydroxylation is 1. The summed E-state index contributed by atoms with van der Waals surface area (Å²) in [7, 11) is -0.466. The summed E-state index contributed by atoms with van der Waals surface area (Å²) in [6.07, 6.45) is 5.45. The Morgan fingerprint density at radius 1 is 1.00 bits per heavy atom. The summed E-state index contributed by atoms with van der Waals surface area (Å²) in [6.45, 7) is 1.93. The fourth-order valence-corrected chi connectivity index (χ4v) is 6.11. The van der Waals surface area contributed by atoms with Crippen molar-refractivity contribution in [3.63, 3.8) is 0 Å². The van der Waals surface area contributed by atoms with Crippen molar-refractivity contribution in [1.29, 1.82) is 0 Å². The van der Waals surface area contributed by atoms with Gasteiger partial charge in [-0.15, -0.1) is 0 Å². The quantitative estimate of drug-likeness (QED) is 0.674. The van der Waals surface area contributed by atoms with E-state index in [1.165, 1.54) is 16.6 Å². The van der Waals surface area contributed by atoms with Crippen LogP contribution in [0.1, 0.15) is 42.6 Å². The normalized spacial score (nSPS) is 18.0. The molecule has 1 N–H and O–H groups in total. The zero-order chi connectivity index (χ0) is 24.3. The summed E-state index contributed by atoms with van der Waals surface area (Å²) in [5, 5.41) is 2.89. The number of ether oxygens (including phenoxy) is 1. The summed E-state index contributed by atoms with van der Waals surface area (Å²) in [5.74, 6) is 0.202. The second-order valence-corrected chi connectivity index (χ2v) is 10.9. The molecule has 2 aromatic rings. The zero-order valence-electron chi connectivity index (χ0n) is 19.7. The smallest absolute Gasteiger partial charge is 0.270 e. The monoisotopic (exact) mass is 488 g/mol. The number of aromatic nitrogens is 1. The third kappa shape index (κ3) is 5.12. The van der Waals surface area contributed by atoms with Crippen molar-refractivity contribution < 1.29 is 22.7 Å². The molecule has 0 spiro atoms. The van der Waals surface area contributed by atoms with Crippen LogP contribution in [0.4, 0.5) is 5.69 Å². The van der Waals surface area contributed by atoms with Gasteiger partial charge in [0.15, 0.2) is 0 Å². The maximum atomic E-state index is 13.3. The molecule has 1 aromatic heterocycles. The number of methoxy groups -OCH3 is 1. The number of amides is 2. The van der Waals surface area contributed by atoms with E-state index in [1.807, 2.05) is 0 Å². The molecule has 0 aliphatic carbocycles. The highest BCUT2D eigenvalue weighted by Gasteiger charge is 2.34. The molecule has 2 fully saturated rings. The third-order valence-corrected chi connectivity index (χ3v) is 8.53. The number of rotatable bonds is 6. The number of benzene rings is 1. The summed E-state index contributed by atoms with van der Waals surface area (Å²) in [5.41, 5.74) is 1.06. The molecule has 3 heterocycles. The molecule has 0 saturated carbocycles. The van der Waals surface area contributed by atoms with E-state index in [4.69, 9.17) is 4.74 Å². The predicted octanol–water partition coefficient (Wildman–Crippen LogP) is 2.70. The number of nitrogens with one attached hydrogen (secondary N) is 1. The molecular weight excluding hydrogens is 456 g/mol. The van der Waals surface area contributed by atoms with Gasteiger partial charge in [-0.25, -0.2) is 8.42 Å².